The Morgan fingerprint density at radius 1 is 1.03 bits per heavy atom. The third kappa shape index (κ3) is 3.98. The van der Waals surface area contributed by atoms with E-state index in [1.54, 1.807) is 18.2 Å². The van der Waals surface area contributed by atoms with Gasteiger partial charge in [0.05, 0.1) is 17.7 Å². The molecule has 32 heavy (non-hydrogen) atoms. The molecule has 0 spiro atoms. The number of aliphatic imine (C=N–C) groups is 1. The van der Waals surface area contributed by atoms with Crippen molar-refractivity contribution in [3.05, 3.63) is 69.9 Å². The highest BCUT2D eigenvalue weighted by atomic mass is 19.4. The number of amidine groups is 1. The summed E-state index contributed by atoms with van der Waals surface area (Å²) < 4.78 is 46.2. The van der Waals surface area contributed by atoms with Crippen molar-refractivity contribution in [1.82, 2.24) is 25.0 Å². The number of hydrogen-bond donors (Lipinski definition) is 2. The molecular formula is C21H19F3N6O2. The van der Waals surface area contributed by atoms with Crippen LogP contribution < -0.4 is 10.4 Å². The Balaban J connectivity index is 1.45. The quantitative estimate of drug-likeness (QED) is 0.634. The Bertz CT molecular complexity index is 1220. The van der Waals surface area contributed by atoms with E-state index < -0.39 is 11.7 Å². The molecule has 0 aliphatic carbocycles. The van der Waals surface area contributed by atoms with E-state index in [0.29, 0.717) is 67.1 Å². The van der Waals surface area contributed by atoms with Gasteiger partial charge in [-0.2, -0.15) is 18.3 Å². The Morgan fingerprint density at radius 3 is 2.53 bits per heavy atom. The highest BCUT2D eigenvalue weighted by molar-refractivity contribution is 6.04. The van der Waals surface area contributed by atoms with Crippen LogP contribution in [0.4, 0.5) is 18.9 Å². The molecular weight excluding hydrogens is 425 g/mol. The number of H-pyrrole nitrogens is 2. The number of piperazine rings is 1. The molecule has 166 valence electrons. The van der Waals surface area contributed by atoms with Gasteiger partial charge in [0.15, 0.2) is 5.75 Å². The standard InChI is InChI=1S/C21H19F3N6O2/c22-21(23,24)13-5-6-16-14(11-13)19(25-15-3-1-2-4-17(15)32-16)30-9-7-29(8-10-30)12-18-26-20(31)28-27-18/h1-6,11H,7-10,12H2,(H2,26,27,28,31). The van der Waals surface area contributed by atoms with E-state index in [2.05, 4.69) is 20.1 Å². The molecule has 5 rings (SSSR count). The van der Waals surface area contributed by atoms with Crippen molar-refractivity contribution in [3.8, 4) is 11.5 Å². The Morgan fingerprint density at radius 2 is 1.81 bits per heavy atom. The minimum atomic E-state index is -4.47. The van der Waals surface area contributed by atoms with Gasteiger partial charge in [0.25, 0.3) is 0 Å². The number of hydrogen-bond acceptors (Lipinski definition) is 6. The highest BCUT2D eigenvalue weighted by Crippen LogP contribution is 2.40. The summed E-state index contributed by atoms with van der Waals surface area (Å²) in [6.07, 6.45) is -4.47. The molecule has 0 amide bonds. The van der Waals surface area contributed by atoms with Crippen LogP contribution in [0.2, 0.25) is 0 Å². The smallest absolute Gasteiger partial charge is 0.416 e. The van der Waals surface area contributed by atoms with E-state index in [-0.39, 0.29) is 5.69 Å². The van der Waals surface area contributed by atoms with Crippen LogP contribution in [0.5, 0.6) is 11.5 Å². The zero-order chi connectivity index (χ0) is 22.3. The Hall–Kier alpha value is -3.60. The first-order valence-corrected chi connectivity index (χ1v) is 10.0. The molecule has 1 saturated heterocycles. The maximum Gasteiger partial charge on any atom is 0.416 e. The number of ether oxygens (including phenoxy) is 1. The number of alkyl halides is 3. The Kier molecular flexibility index (Phi) is 4.97. The van der Waals surface area contributed by atoms with Crippen LogP contribution in [-0.2, 0) is 12.7 Å². The van der Waals surface area contributed by atoms with Crippen LogP contribution in [0.25, 0.3) is 0 Å². The second-order valence-corrected chi connectivity index (χ2v) is 7.60. The van der Waals surface area contributed by atoms with Gasteiger partial charge in [-0.1, -0.05) is 12.1 Å². The minimum Gasteiger partial charge on any atom is -0.454 e. The lowest BCUT2D eigenvalue weighted by Crippen LogP contribution is -2.48. The maximum atomic E-state index is 13.4. The highest BCUT2D eigenvalue weighted by Gasteiger charge is 2.33. The summed E-state index contributed by atoms with van der Waals surface area (Å²) in [4.78, 5) is 22.6. The summed E-state index contributed by atoms with van der Waals surface area (Å²) in [6, 6.07) is 10.6. The summed E-state index contributed by atoms with van der Waals surface area (Å²) >= 11 is 0. The van der Waals surface area contributed by atoms with Crippen molar-refractivity contribution in [2.75, 3.05) is 26.2 Å². The molecule has 0 saturated carbocycles. The molecule has 2 aromatic carbocycles. The van der Waals surface area contributed by atoms with Gasteiger partial charge in [0, 0.05) is 26.2 Å². The van der Waals surface area contributed by atoms with E-state index in [1.807, 2.05) is 11.0 Å². The van der Waals surface area contributed by atoms with Gasteiger partial charge < -0.3 is 9.64 Å². The van der Waals surface area contributed by atoms with Gasteiger partial charge in [-0.05, 0) is 30.3 Å². The van der Waals surface area contributed by atoms with Crippen molar-refractivity contribution in [2.24, 2.45) is 4.99 Å². The average molecular weight is 444 g/mol. The molecule has 1 fully saturated rings. The van der Waals surface area contributed by atoms with E-state index in [1.165, 1.54) is 6.07 Å². The normalized spacial score (nSPS) is 16.6. The van der Waals surface area contributed by atoms with E-state index in [9.17, 15) is 18.0 Å². The minimum absolute atomic E-state index is 0.307. The second kappa shape index (κ2) is 7.83. The fourth-order valence-corrected chi connectivity index (χ4v) is 3.85. The number of aromatic nitrogens is 3. The van der Waals surface area contributed by atoms with Crippen molar-refractivity contribution in [3.63, 3.8) is 0 Å². The molecule has 0 atom stereocenters. The van der Waals surface area contributed by atoms with Crippen LogP contribution >= 0.6 is 0 Å². The van der Waals surface area contributed by atoms with Crippen molar-refractivity contribution in [1.29, 1.82) is 0 Å². The lowest BCUT2D eigenvalue weighted by Gasteiger charge is -2.36. The topological polar surface area (TPSA) is 89.6 Å². The monoisotopic (exact) mass is 444 g/mol. The first kappa shape index (κ1) is 20.3. The number of halogens is 3. The van der Waals surface area contributed by atoms with Gasteiger partial charge in [-0.3, -0.25) is 9.88 Å². The lowest BCUT2D eigenvalue weighted by atomic mass is 10.1. The van der Waals surface area contributed by atoms with Gasteiger partial charge in [0.2, 0.25) is 0 Å². The number of nitrogens with one attached hydrogen (secondary N) is 2. The largest absolute Gasteiger partial charge is 0.454 e. The summed E-state index contributed by atoms with van der Waals surface area (Å²) in [5.41, 5.74) is -0.244. The van der Waals surface area contributed by atoms with Crippen LogP contribution in [-0.4, -0.2) is 57.0 Å². The Labute approximate surface area is 180 Å². The molecule has 0 bridgehead atoms. The lowest BCUT2D eigenvalue weighted by molar-refractivity contribution is -0.137. The zero-order valence-corrected chi connectivity index (χ0v) is 16.8. The number of aromatic amines is 2. The first-order valence-electron chi connectivity index (χ1n) is 10.0. The van der Waals surface area contributed by atoms with E-state index in [4.69, 9.17) is 9.73 Å². The van der Waals surface area contributed by atoms with E-state index in [0.717, 1.165) is 12.1 Å². The number of nitrogens with zero attached hydrogens (tertiary/aromatic N) is 4. The predicted molar refractivity (Wildman–Crippen MR) is 110 cm³/mol. The summed E-state index contributed by atoms with van der Waals surface area (Å²) in [5, 5.41) is 6.26. The average Bonchev–Trinajstić information content (AvgIpc) is 3.09. The molecule has 2 aliphatic heterocycles. The predicted octanol–water partition coefficient (Wildman–Crippen LogP) is 3.12. The van der Waals surface area contributed by atoms with Gasteiger partial charge in [-0.15, -0.1) is 0 Å². The van der Waals surface area contributed by atoms with Crippen LogP contribution in [0, 0.1) is 0 Å². The third-order valence-electron chi connectivity index (χ3n) is 5.45. The van der Waals surface area contributed by atoms with Crippen molar-refractivity contribution in [2.45, 2.75) is 12.7 Å². The molecule has 0 radical (unpaired) electrons. The number of rotatable bonds is 2. The molecule has 2 N–H and O–H groups in total. The van der Waals surface area contributed by atoms with Crippen molar-refractivity contribution >= 4 is 11.5 Å². The van der Waals surface area contributed by atoms with Gasteiger partial charge >= 0.3 is 11.9 Å². The van der Waals surface area contributed by atoms with Crippen LogP contribution in [0.1, 0.15) is 17.0 Å². The second-order valence-electron chi connectivity index (χ2n) is 7.60. The van der Waals surface area contributed by atoms with Crippen LogP contribution in [0.3, 0.4) is 0 Å². The summed E-state index contributed by atoms with van der Waals surface area (Å²) in [5.74, 6) is 1.81. The maximum absolute atomic E-state index is 13.4. The van der Waals surface area contributed by atoms with Crippen LogP contribution in [0.15, 0.2) is 52.3 Å². The van der Waals surface area contributed by atoms with Gasteiger partial charge in [0.1, 0.15) is 23.1 Å². The fourth-order valence-electron chi connectivity index (χ4n) is 3.85. The molecule has 0 unspecified atom stereocenters. The van der Waals surface area contributed by atoms with Crippen molar-refractivity contribution < 1.29 is 17.9 Å². The molecule has 1 aromatic heterocycles. The molecule has 8 nitrogen and oxygen atoms in total. The number of para-hydroxylation sites is 2. The summed E-state index contributed by atoms with van der Waals surface area (Å²) in [6.45, 7) is 2.83. The summed E-state index contributed by atoms with van der Waals surface area (Å²) in [7, 11) is 0. The van der Waals surface area contributed by atoms with E-state index >= 15 is 0 Å². The number of benzene rings is 2. The third-order valence-corrected chi connectivity index (χ3v) is 5.45. The molecule has 2 aliphatic rings. The molecule has 3 heterocycles. The zero-order valence-electron chi connectivity index (χ0n) is 16.8. The number of fused-ring (bicyclic) bond motifs is 2. The van der Waals surface area contributed by atoms with Gasteiger partial charge in [-0.25, -0.2) is 14.9 Å². The fraction of sp³-hybridized carbons (Fsp3) is 0.286. The molecule has 11 heteroatoms. The first-order chi connectivity index (χ1) is 15.4. The molecule has 3 aromatic rings. The SMILES string of the molecule is O=c1[nH]nc(CN2CCN(C3=Nc4ccccc4Oc4ccc(C(F)(F)F)cc43)CC2)[nH]1.